The number of esters is 1. The lowest BCUT2D eigenvalue weighted by molar-refractivity contribution is -0.162. The van der Waals surface area contributed by atoms with Crippen molar-refractivity contribution in [3.05, 3.63) is 11.6 Å². The van der Waals surface area contributed by atoms with Crippen LogP contribution in [0.25, 0.3) is 0 Å². The van der Waals surface area contributed by atoms with Gasteiger partial charge < -0.3 is 15.6 Å². The third-order valence-electron chi connectivity index (χ3n) is 9.21. The van der Waals surface area contributed by atoms with Crippen LogP contribution in [-0.2, 0) is 14.3 Å². The number of rotatable bonds is 2. The van der Waals surface area contributed by atoms with Crippen molar-refractivity contribution >= 4 is 11.9 Å². The van der Waals surface area contributed by atoms with Crippen LogP contribution in [0.15, 0.2) is 11.6 Å². The van der Waals surface area contributed by atoms with E-state index in [9.17, 15) is 14.7 Å². The molecule has 4 rings (SSSR count). The van der Waals surface area contributed by atoms with Crippen molar-refractivity contribution in [1.82, 2.24) is 0 Å². The third-order valence-corrected chi connectivity index (χ3v) is 9.21. The molecular weight excluding hydrogens is 354 g/mol. The van der Waals surface area contributed by atoms with E-state index in [1.54, 1.807) is 0 Å². The minimum absolute atomic E-state index is 0.147. The number of hydrogen-bond donors (Lipinski definition) is 2. The molecule has 0 aromatic carbocycles. The zero-order chi connectivity index (χ0) is 20.3. The predicted octanol–water partition coefficient (Wildman–Crippen LogP) is 3.34. The van der Waals surface area contributed by atoms with Gasteiger partial charge in [-0.2, -0.15) is 0 Å². The number of carbonyl (C=O) groups is 2. The lowest BCUT2D eigenvalue weighted by Gasteiger charge is -2.58. The van der Waals surface area contributed by atoms with Crippen LogP contribution in [0.5, 0.6) is 0 Å². The first-order chi connectivity index (χ1) is 13.2. The second kappa shape index (κ2) is 6.86. The summed E-state index contributed by atoms with van der Waals surface area (Å²) in [6.45, 7) is 6.74. The molecule has 0 heterocycles. The molecule has 4 aliphatic carbocycles. The topological polar surface area (TPSA) is 89.6 Å². The van der Waals surface area contributed by atoms with Crippen LogP contribution in [0.1, 0.15) is 72.1 Å². The molecule has 28 heavy (non-hydrogen) atoms. The molecule has 0 bridgehead atoms. The molecule has 0 unspecified atom stereocenters. The van der Waals surface area contributed by atoms with E-state index in [-0.39, 0.29) is 29.0 Å². The van der Waals surface area contributed by atoms with Crippen molar-refractivity contribution in [1.29, 1.82) is 0 Å². The standard InChI is InChI=1S/C23H35NO4/c1-13(28-21(27)20(24)26)17-6-7-18-16-5-4-14-12-15(25)8-10-22(14,2)19(16)9-11-23(17,18)3/h4,13,15-19,25H,5-12H2,1-3H3,(H2,24,26)/t13-,15-,16-,17+,18-,19-,22-,23+/m0/s1. The third kappa shape index (κ3) is 2.92. The summed E-state index contributed by atoms with van der Waals surface area (Å²) in [5.74, 6) is 0.368. The molecule has 0 saturated heterocycles. The first kappa shape index (κ1) is 19.9. The average molecular weight is 390 g/mol. The van der Waals surface area contributed by atoms with Crippen LogP contribution in [0.4, 0.5) is 0 Å². The van der Waals surface area contributed by atoms with E-state index in [1.165, 1.54) is 18.4 Å². The van der Waals surface area contributed by atoms with Gasteiger partial charge in [0.25, 0.3) is 0 Å². The number of ether oxygens (including phenoxy) is 1. The fourth-order valence-electron chi connectivity index (χ4n) is 7.76. The highest BCUT2D eigenvalue weighted by molar-refractivity contribution is 6.31. The Labute approximate surface area is 168 Å². The van der Waals surface area contributed by atoms with Gasteiger partial charge in [-0.1, -0.05) is 25.5 Å². The summed E-state index contributed by atoms with van der Waals surface area (Å²) in [6.07, 6.45) is 10.5. The highest BCUT2D eigenvalue weighted by Gasteiger charge is 2.59. The van der Waals surface area contributed by atoms with Gasteiger partial charge in [0.2, 0.25) is 0 Å². The number of fused-ring (bicyclic) bond motifs is 5. The van der Waals surface area contributed by atoms with E-state index in [1.807, 2.05) is 6.92 Å². The summed E-state index contributed by atoms with van der Waals surface area (Å²) in [5.41, 5.74) is 6.97. The van der Waals surface area contributed by atoms with Gasteiger partial charge in [0.1, 0.15) is 6.10 Å². The number of aliphatic hydroxyl groups is 1. The van der Waals surface area contributed by atoms with Gasteiger partial charge in [0, 0.05) is 5.92 Å². The molecule has 5 heteroatoms. The minimum Gasteiger partial charge on any atom is -0.455 e. The Morgan fingerprint density at radius 2 is 1.93 bits per heavy atom. The summed E-state index contributed by atoms with van der Waals surface area (Å²) in [4.78, 5) is 22.8. The zero-order valence-electron chi connectivity index (χ0n) is 17.4. The number of amides is 1. The van der Waals surface area contributed by atoms with Gasteiger partial charge >= 0.3 is 11.9 Å². The normalized spacial score (nSPS) is 45.9. The van der Waals surface area contributed by atoms with Crippen molar-refractivity contribution in [2.24, 2.45) is 40.2 Å². The molecular formula is C23H35NO4. The Bertz CT molecular complexity index is 703. The zero-order valence-corrected chi connectivity index (χ0v) is 17.4. The number of aliphatic hydroxyl groups excluding tert-OH is 1. The molecule has 5 nitrogen and oxygen atoms in total. The maximum Gasteiger partial charge on any atom is 0.396 e. The smallest absolute Gasteiger partial charge is 0.396 e. The molecule has 0 aromatic rings. The van der Waals surface area contributed by atoms with Crippen molar-refractivity contribution in [3.63, 3.8) is 0 Å². The van der Waals surface area contributed by atoms with Crippen molar-refractivity contribution in [2.45, 2.75) is 84.3 Å². The van der Waals surface area contributed by atoms with Gasteiger partial charge in [-0.3, -0.25) is 4.79 Å². The van der Waals surface area contributed by atoms with Crippen LogP contribution in [0.2, 0.25) is 0 Å². The summed E-state index contributed by atoms with van der Waals surface area (Å²) >= 11 is 0. The van der Waals surface area contributed by atoms with E-state index < -0.39 is 11.9 Å². The molecule has 4 aliphatic rings. The quantitative estimate of drug-likeness (QED) is 0.431. The molecule has 0 aromatic heterocycles. The molecule has 3 saturated carbocycles. The Balaban J connectivity index is 1.55. The summed E-state index contributed by atoms with van der Waals surface area (Å²) in [5, 5.41) is 10.1. The lowest BCUT2D eigenvalue weighted by atomic mass is 9.47. The average Bonchev–Trinajstić information content (AvgIpc) is 2.99. The fourth-order valence-corrected chi connectivity index (χ4v) is 7.76. The van der Waals surface area contributed by atoms with Crippen molar-refractivity contribution in [2.75, 3.05) is 0 Å². The Morgan fingerprint density at radius 1 is 1.18 bits per heavy atom. The van der Waals surface area contributed by atoms with Gasteiger partial charge in [0.15, 0.2) is 0 Å². The number of allylic oxidation sites excluding steroid dienone is 1. The molecule has 156 valence electrons. The van der Waals surface area contributed by atoms with E-state index >= 15 is 0 Å². The Hall–Kier alpha value is -1.36. The second-order valence-electron chi connectivity index (χ2n) is 10.4. The van der Waals surface area contributed by atoms with Gasteiger partial charge in [0.05, 0.1) is 6.10 Å². The van der Waals surface area contributed by atoms with Crippen molar-refractivity contribution in [3.8, 4) is 0 Å². The predicted molar refractivity (Wildman–Crippen MR) is 106 cm³/mol. The van der Waals surface area contributed by atoms with Crippen molar-refractivity contribution < 1.29 is 19.4 Å². The summed E-state index contributed by atoms with van der Waals surface area (Å²) in [6, 6.07) is 0. The van der Waals surface area contributed by atoms with E-state index in [0.29, 0.717) is 17.8 Å². The lowest BCUT2D eigenvalue weighted by Crippen LogP contribution is -2.51. The monoisotopic (exact) mass is 389 g/mol. The molecule has 0 spiro atoms. The van der Waals surface area contributed by atoms with Gasteiger partial charge in [-0.15, -0.1) is 0 Å². The fraction of sp³-hybridized carbons (Fsp3) is 0.826. The van der Waals surface area contributed by atoms with E-state index in [2.05, 4.69) is 19.9 Å². The molecule has 3 N–H and O–H groups in total. The Kier molecular flexibility index (Phi) is 4.88. The van der Waals surface area contributed by atoms with Crippen LogP contribution < -0.4 is 5.73 Å². The van der Waals surface area contributed by atoms with Crippen LogP contribution in [-0.4, -0.2) is 29.2 Å². The molecule has 3 fully saturated rings. The Morgan fingerprint density at radius 3 is 2.64 bits per heavy atom. The summed E-state index contributed by atoms with van der Waals surface area (Å²) in [7, 11) is 0. The van der Waals surface area contributed by atoms with Crippen LogP contribution >= 0.6 is 0 Å². The van der Waals surface area contributed by atoms with E-state index in [4.69, 9.17) is 10.5 Å². The highest BCUT2D eigenvalue weighted by Crippen LogP contribution is 2.66. The number of hydrogen-bond acceptors (Lipinski definition) is 4. The second-order valence-corrected chi connectivity index (χ2v) is 10.4. The van der Waals surface area contributed by atoms with Gasteiger partial charge in [-0.05, 0) is 86.9 Å². The molecule has 1 amide bonds. The maximum atomic E-state index is 11.7. The first-order valence-electron chi connectivity index (χ1n) is 11.0. The number of primary amides is 1. The molecule has 0 radical (unpaired) electrons. The maximum absolute atomic E-state index is 11.7. The number of nitrogens with two attached hydrogens (primary N) is 1. The molecule has 0 aliphatic heterocycles. The number of carbonyl (C=O) groups excluding carboxylic acids is 2. The van der Waals surface area contributed by atoms with Crippen LogP contribution in [0.3, 0.4) is 0 Å². The first-order valence-corrected chi connectivity index (χ1v) is 11.0. The van der Waals surface area contributed by atoms with Crippen LogP contribution in [0, 0.1) is 34.5 Å². The summed E-state index contributed by atoms with van der Waals surface area (Å²) < 4.78 is 5.41. The largest absolute Gasteiger partial charge is 0.455 e. The van der Waals surface area contributed by atoms with E-state index in [0.717, 1.165) is 38.5 Å². The molecule has 8 atom stereocenters. The van der Waals surface area contributed by atoms with Gasteiger partial charge in [-0.25, -0.2) is 4.79 Å². The minimum atomic E-state index is -1.01. The SMILES string of the molecule is C[C@H](OC(=O)C(N)=O)[C@H]1CC[C@H]2[C@@H]3CC=C4C[C@@H](O)CC[C@]4(C)[C@H]3CC[C@]12C. The highest BCUT2D eigenvalue weighted by atomic mass is 16.5.